The Bertz CT molecular complexity index is 1060. The van der Waals surface area contributed by atoms with E-state index in [1.807, 2.05) is 0 Å². The predicted octanol–water partition coefficient (Wildman–Crippen LogP) is 2.05. The highest BCUT2D eigenvalue weighted by Crippen LogP contribution is 2.26. The minimum absolute atomic E-state index is 0.205. The van der Waals surface area contributed by atoms with Crippen molar-refractivity contribution in [2.45, 2.75) is 6.54 Å². The summed E-state index contributed by atoms with van der Waals surface area (Å²) in [7, 11) is 0. The zero-order valence-corrected chi connectivity index (χ0v) is 13.8. The standard InChI is InChI=1S/C19H16N4O3/c1-2-11-23-15-9-4-3-8-14(15)17(24)16(19(23)26)18(25)22-21-12-13-7-5-6-10-20-13/h2-10,12,24H,1,11H2,(H,22,25). The number of carbonyl (C=O) groups excluding carboxylic acids is 1. The van der Waals surface area contributed by atoms with E-state index < -0.39 is 11.5 Å². The lowest BCUT2D eigenvalue weighted by Crippen LogP contribution is -2.31. The molecule has 1 amide bonds. The van der Waals surface area contributed by atoms with E-state index in [0.717, 1.165) is 0 Å². The Morgan fingerprint density at radius 2 is 2.04 bits per heavy atom. The van der Waals surface area contributed by atoms with Crippen LogP contribution in [0.25, 0.3) is 10.9 Å². The second-order valence-corrected chi connectivity index (χ2v) is 5.40. The Labute approximate surface area is 148 Å². The molecule has 3 aromatic rings. The van der Waals surface area contributed by atoms with Crippen molar-refractivity contribution >= 4 is 23.0 Å². The fourth-order valence-electron chi connectivity index (χ4n) is 2.57. The monoisotopic (exact) mass is 348 g/mol. The molecule has 26 heavy (non-hydrogen) atoms. The number of para-hydroxylation sites is 1. The number of pyridine rings is 2. The number of allylic oxidation sites excluding steroid dienone is 1. The van der Waals surface area contributed by atoms with Crippen LogP contribution in [-0.2, 0) is 6.54 Å². The van der Waals surface area contributed by atoms with Gasteiger partial charge in [-0.15, -0.1) is 6.58 Å². The molecular formula is C19H16N4O3. The maximum Gasteiger partial charge on any atom is 0.280 e. The highest BCUT2D eigenvalue weighted by Gasteiger charge is 2.21. The van der Waals surface area contributed by atoms with Crippen LogP contribution in [0.5, 0.6) is 5.75 Å². The number of nitrogens with one attached hydrogen (secondary N) is 1. The molecule has 0 atom stereocenters. The molecule has 0 saturated heterocycles. The van der Waals surface area contributed by atoms with Gasteiger partial charge >= 0.3 is 0 Å². The Kier molecular flexibility index (Phi) is 4.89. The Hall–Kier alpha value is -3.74. The van der Waals surface area contributed by atoms with E-state index in [2.05, 4.69) is 22.1 Å². The lowest BCUT2D eigenvalue weighted by atomic mass is 10.1. The highest BCUT2D eigenvalue weighted by molar-refractivity contribution is 6.02. The van der Waals surface area contributed by atoms with Crippen molar-refractivity contribution in [1.82, 2.24) is 15.0 Å². The van der Waals surface area contributed by atoms with Gasteiger partial charge in [-0.1, -0.05) is 24.3 Å². The van der Waals surface area contributed by atoms with Gasteiger partial charge in [0, 0.05) is 18.1 Å². The van der Waals surface area contributed by atoms with Crippen LogP contribution in [0, 0.1) is 0 Å². The molecule has 130 valence electrons. The van der Waals surface area contributed by atoms with Gasteiger partial charge in [-0.3, -0.25) is 14.6 Å². The van der Waals surface area contributed by atoms with Crippen LogP contribution < -0.4 is 11.0 Å². The molecule has 0 unspecified atom stereocenters. The minimum atomic E-state index is -0.803. The molecule has 1 aromatic carbocycles. The van der Waals surface area contributed by atoms with Crippen molar-refractivity contribution in [3.05, 3.63) is 82.9 Å². The molecule has 7 nitrogen and oxygen atoms in total. The number of amides is 1. The number of hydrogen-bond donors (Lipinski definition) is 2. The summed E-state index contributed by atoms with van der Waals surface area (Å²) in [4.78, 5) is 29.2. The van der Waals surface area contributed by atoms with Gasteiger partial charge in [0.05, 0.1) is 17.4 Å². The van der Waals surface area contributed by atoms with Gasteiger partial charge < -0.3 is 9.67 Å². The summed E-state index contributed by atoms with van der Waals surface area (Å²) in [5.41, 5.74) is 2.32. The molecule has 3 rings (SSSR count). The first-order chi connectivity index (χ1) is 12.6. The third-order valence-corrected chi connectivity index (χ3v) is 3.74. The van der Waals surface area contributed by atoms with Crippen molar-refractivity contribution in [3.63, 3.8) is 0 Å². The van der Waals surface area contributed by atoms with Crippen molar-refractivity contribution in [3.8, 4) is 5.75 Å². The molecule has 0 fully saturated rings. The first-order valence-corrected chi connectivity index (χ1v) is 7.83. The normalized spacial score (nSPS) is 10.9. The molecule has 0 radical (unpaired) electrons. The summed E-state index contributed by atoms with van der Waals surface area (Å²) in [6.07, 6.45) is 4.48. The number of fused-ring (bicyclic) bond motifs is 1. The Morgan fingerprint density at radius 1 is 1.27 bits per heavy atom. The zero-order chi connectivity index (χ0) is 18.5. The van der Waals surface area contributed by atoms with Crippen LogP contribution in [0.3, 0.4) is 0 Å². The Morgan fingerprint density at radius 3 is 2.77 bits per heavy atom. The lowest BCUT2D eigenvalue weighted by Gasteiger charge is -2.12. The predicted molar refractivity (Wildman–Crippen MR) is 99.4 cm³/mol. The van der Waals surface area contributed by atoms with Crippen LogP contribution in [0.15, 0.2) is 71.2 Å². The average molecular weight is 348 g/mol. The van der Waals surface area contributed by atoms with Gasteiger partial charge in [-0.2, -0.15) is 5.10 Å². The third-order valence-electron chi connectivity index (χ3n) is 3.74. The number of aromatic hydroxyl groups is 1. The first-order valence-electron chi connectivity index (χ1n) is 7.83. The molecule has 2 heterocycles. The molecule has 2 aromatic heterocycles. The number of hydrazone groups is 1. The zero-order valence-electron chi connectivity index (χ0n) is 13.8. The van der Waals surface area contributed by atoms with E-state index in [4.69, 9.17) is 0 Å². The number of benzene rings is 1. The SMILES string of the molecule is C=CCn1c(=O)c(C(=O)NN=Cc2ccccn2)c(O)c2ccccc21. The largest absolute Gasteiger partial charge is 0.506 e. The quantitative estimate of drug-likeness (QED) is 0.419. The van der Waals surface area contributed by atoms with Gasteiger partial charge in [0.15, 0.2) is 0 Å². The molecular weight excluding hydrogens is 332 g/mol. The van der Waals surface area contributed by atoms with E-state index in [9.17, 15) is 14.7 Å². The molecule has 0 saturated carbocycles. The van der Waals surface area contributed by atoms with Gasteiger partial charge in [0.1, 0.15) is 11.3 Å². The van der Waals surface area contributed by atoms with Crippen molar-refractivity contribution in [2.24, 2.45) is 5.10 Å². The van der Waals surface area contributed by atoms with Crippen LogP contribution >= 0.6 is 0 Å². The van der Waals surface area contributed by atoms with E-state index in [0.29, 0.717) is 16.6 Å². The van der Waals surface area contributed by atoms with Gasteiger partial charge in [0.25, 0.3) is 11.5 Å². The maximum atomic E-state index is 12.7. The van der Waals surface area contributed by atoms with Crippen molar-refractivity contribution in [2.75, 3.05) is 0 Å². The number of hydrogen-bond acceptors (Lipinski definition) is 5. The fourth-order valence-corrected chi connectivity index (χ4v) is 2.57. The molecule has 0 aliphatic rings. The number of nitrogens with zero attached hydrogens (tertiary/aromatic N) is 3. The summed E-state index contributed by atoms with van der Waals surface area (Å²) < 4.78 is 1.37. The summed E-state index contributed by atoms with van der Waals surface area (Å²) in [6.45, 7) is 3.84. The number of carbonyl (C=O) groups is 1. The van der Waals surface area contributed by atoms with Gasteiger partial charge in [0.2, 0.25) is 0 Å². The van der Waals surface area contributed by atoms with Crippen LogP contribution in [0.2, 0.25) is 0 Å². The van der Waals surface area contributed by atoms with Gasteiger partial charge in [-0.25, -0.2) is 5.43 Å². The number of aromatic nitrogens is 2. The average Bonchev–Trinajstić information content (AvgIpc) is 2.66. The highest BCUT2D eigenvalue weighted by atomic mass is 16.3. The van der Waals surface area contributed by atoms with Crippen LogP contribution in [0.1, 0.15) is 16.1 Å². The smallest absolute Gasteiger partial charge is 0.280 e. The van der Waals surface area contributed by atoms with Crippen LogP contribution in [0.4, 0.5) is 0 Å². The summed E-state index contributed by atoms with van der Waals surface area (Å²) in [5, 5.41) is 14.6. The van der Waals surface area contributed by atoms with Crippen molar-refractivity contribution in [1.29, 1.82) is 0 Å². The van der Waals surface area contributed by atoms with E-state index >= 15 is 0 Å². The minimum Gasteiger partial charge on any atom is -0.506 e. The molecule has 0 aliphatic carbocycles. The molecule has 0 aliphatic heterocycles. The fraction of sp³-hybridized carbons (Fsp3) is 0.0526. The third kappa shape index (κ3) is 3.23. The second-order valence-electron chi connectivity index (χ2n) is 5.40. The lowest BCUT2D eigenvalue weighted by molar-refractivity contribution is 0.0950. The van der Waals surface area contributed by atoms with E-state index in [1.165, 1.54) is 10.8 Å². The van der Waals surface area contributed by atoms with E-state index in [1.54, 1.807) is 54.7 Å². The molecule has 0 bridgehead atoms. The maximum absolute atomic E-state index is 12.7. The first kappa shape index (κ1) is 17.1. The van der Waals surface area contributed by atoms with Crippen LogP contribution in [-0.4, -0.2) is 26.8 Å². The summed E-state index contributed by atoms with van der Waals surface area (Å²) in [5.74, 6) is -1.18. The number of rotatable bonds is 5. The van der Waals surface area contributed by atoms with Crippen molar-refractivity contribution < 1.29 is 9.90 Å². The molecule has 0 spiro atoms. The summed E-state index contributed by atoms with van der Waals surface area (Å²) in [6, 6.07) is 12.0. The Balaban J connectivity index is 2.01. The molecule has 2 N–H and O–H groups in total. The van der Waals surface area contributed by atoms with E-state index in [-0.39, 0.29) is 17.9 Å². The molecule has 7 heteroatoms. The second kappa shape index (κ2) is 7.43. The summed E-state index contributed by atoms with van der Waals surface area (Å²) >= 11 is 0. The topological polar surface area (TPSA) is 96.6 Å². The van der Waals surface area contributed by atoms with Gasteiger partial charge in [-0.05, 0) is 24.3 Å².